The highest BCUT2D eigenvalue weighted by Gasteiger charge is 2.38. The molecule has 7 rings (SSSR count). The number of rotatable bonds is 13. The minimum atomic E-state index is -0.469. The van der Waals surface area contributed by atoms with Gasteiger partial charge < -0.3 is 29.5 Å². The van der Waals surface area contributed by atoms with Gasteiger partial charge in [0.1, 0.15) is 23.3 Å². The first-order valence-corrected chi connectivity index (χ1v) is 17.7. The summed E-state index contributed by atoms with van der Waals surface area (Å²) in [7, 11) is 0. The Kier molecular flexibility index (Phi) is 10.2. The number of carbonyl (C=O) groups is 2. The van der Waals surface area contributed by atoms with Gasteiger partial charge >= 0.3 is 0 Å². The highest BCUT2D eigenvalue weighted by molar-refractivity contribution is 6.01. The van der Waals surface area contributed by atoms with Crippen molar-refractivity contribution in [3.05, 3.63) is 137 Å². The normalized spacial score (nSPS) is 19.9. The molecule has 0 saturated carbocycles. The van der Waals surface area contributed by atoms with Gasteiger partial charge in [-0.2, -0.15) is 0 Å². The first-order chi connectivity index (χ1) is 24.4. The summed E-state index contributed by atoms with van der Waals surface area (Å²) in [5.41, 5.74) is 7.31. The molecular weight excluding hydrogens is 628 g/mol. The third-order valence-corrected chi connectivity index (χ3v) is 10.1. The number of aromatic hydroxyl groups is 1. The van der Waals surface area contributed by atoms with E-state index in [9.17, 15) is 14.7 Å². The Bertz CT molecular complexity index is 1840. The number of amides is 2. The van der Waals surface area contributed by atoms with Crippen molar-refractivity contribution in [2.75, 3.05) is 26.4 Å². The van der Waals surface area contributed by atoms with E-state index in [2.05, 4.69) is 72.6 Å². The second-order valence-corrected chi connectivity index (χ2v) is 13.4. The first kappa shape index (κ1) is 33.4. The van der Waals surface area contributed by atoms with Crippen molar-refractivity contribution in [1.29, 1.82) is 0 Å². The molecule has 0 spiro atoms. The Labute approximate surface area is 293 Å². The van der Waals surface area contributed by atoms with Gasteiger partial charge in [-0.3, -0.25) is 9.59 Å². The predicted octanol–water partition coefficient (Wildman–Crippen LogP) is 7.26. The SMILES string of the molecule is C=C1CCC(N2Cc3cc(OCCCOCCCOc4ccc([C@@H]5c6ccc(O)cc6CC[C@@H]5c5ccccc5)cc4)ccc3C2=O)C(=O)N1. The lowest BCUT2D eigenvalue weighted by Gasteiger charge is -2.34. The molecule has 50 heavy (non-hydrogen) atoms. The number of carbonyl (C=O) groups excluding carboxylic acids is 2. The summed E-state index contributed by atoms with van der Waals surface area (Å²) in [6.07, 6.45) is 4.77. The van der Waals surface area contributed by atoms with Crippen LogP contribution >= 0.6 is 0 Å². The third kappa shape index (κ3) is 7.41. The second kappa shape index (κ2) is 15.2. The minimum Gasteiger partial charge on any atom is -0.508 e. The molecule has 8 nitrogen and oxygen atoms in total. The smallest absolute Gasteiger partial charge is 0.255 e. The number of piperidine rings is 1. The van der Waals surface area contributed by atoms with Crippen LogP contribution in [0, 0.1) is 0 Å². The summed E-state index contributed by atoms with van der Waals surface area (Å²) in [6, 6.07) is 30.0. The van der Waals surface area contributed by atoms with Crippen molar-refractivity contribution in [3.8, 4) is 17.2 Å². The molecule has 0 aromatic heterocycles. The molecule has 258 valence electrons. The van der Waals surface area contributed by atoms with Crippen LogP contribution in [0.2, 0.25) is 0 Å². The van der Waals surface area contributed by atoms with Crippen molar-refractivity contribution in [3.63, 3.8) is 0 Å². The number of aryl methyl sites for hydroxylation is 1. The minimum absolute atomic E-state index is 0.112. The lowest BCUT2D eigenvalue weighted by molar-refractivity contribution is -0.126. The van der Waals surface area contributed by atoms with E-state index in [0.29, 0.717) is 74.5 Å². The summed E-state index contributed by atoms with van der Waals surface area (Å²) in [6.45, 7) is 6.48. The fourth-order valence-corrected chi connectivity index (χ4v) is 7.57. The Hall–Kier alpha value is -5.08. The molecule has 1 aliphatic carbocycles. The Morgan fingerprint density at radius 3 is 2.26 bits per heavy atom. The van der Waals surface area contributed by atoms with Gasteiger partial charge in [-0.1, -0.05) is 55.1 Å². The number of allylic oxidation sites excluding steroid dienone is 1. The van der Waals surface area contributed by atoms with Crippen LogP contribution in [0.5, 0.6) is 17.2 Å². The topological polar surface area (TPSA) is 97.3 Å². The average Bonchev–Trinajstić information content (AvgIpc) is 3.45. The molecule has 8 heteroatoms. The lowest BCUT2D eigenvalue weighted by atomic mass is 9.69. The maximum absolute atomic E-state index is 12.9. The molecule has 4 aromatic carbocycles. The van der Waals surface area contributed by atoms with Crippen molar-refractivity contribution >= 4 is 11.8 Å². The molecule has 2 amide bonds. The van der Waals surface area contributed by atoms with Crippen molar-refractivity contribution in [1.82, 2.24) is 10.2 Å². The molecule has 1 unspecified atom stereocenters. The number of nitrogens with zero attached hydrogens (tertiary/aromatic N) is 1. The molecule has 0 radical (unpaired) electrons. The van der Waals surface area contributed by atoms with Crippen LogP contribution in [0.3, 0.4) is 0 Å². The molecule has 3 atom stereocenters. The van der Waals surface area contributed by atoms with Crippen LogP contribution in [-0.4, -0.2) is 54.3 Å². The number of phenols is 1. The summed E-state index contributed by atoms with van der Waals surface area (Å²) in [5, 5.41) is 12.9. The van der Waals surface area contributed by atoms with Gasteiger partial charge in [-0.05, 0) is 102 Å². The third-order valence-electron chi connectivity index (χ3n) is 10.1. The summed E-state index contributed by atoms with van der Waals surface area (Å²) in [5.74, 6) is 2.17. The Balaban J connectivity index is 0.826. The highest BCUT2D eigenvalue weighted by atomic mass is 16.5. The van der Waals surface area contributed by atoms with Crippen LogP contribution in [-0.2, 0) is 22.5 Å². The molecule has 4 aromatic rings. The monoisotopic (exact) mass is 672 g/mol. The fourth-order valence-electron chi connectivity index (χ4n) is 7.57. The predicted molar refractivity (Wildman–Crippen MR) is 192 cm³/mol. The van der Waals surface area contributed by atoms with Gasteiger partial charge in [-0.25, -0.2) is 0 Å². The highest BCUT2D eigenvalue weighted by Crippen LogP contribution is 2.47. The Morgan fingerprint density at radius 1 is 0.760 bits per heavy atom. The van der Waals surface area contributed by atoms with Crippen LogP contribution < -0.4 is 14.8 Å². The maximum atomic E-state index is 12.9. The second-order valence-electron chi connectivity index (χ2n) is 13.4. The number of ether oxygens (including phenoxy) is 3. The van der Waals surface area contributed by atoms with Gasteiger partial charge in [0.2, 0.25) is 5.91 Å². The molecule has 0 bridgehead atoms. The van der Waals surface area contributed by atoms with Crippen molar-refractivity contribution in [2.45, 2.75) is 62.9 Å². The van der Waals surface area contributed by atoms with E-state index in [1.54, 1.807) is 17.0 Å². The quantitative estimate of drug-likeness (QED) is 0.145. The van der Waals surface area contributed by atoms with Crippen molar-refractivity contribution in [2.24, 2.45) is 0 Å². The molecule has 1 fully saturated rings. The van der Waals surface area contributed by atoms with Gasteiger partial charge in [0.05, 0.1) is 13.2 Å². The summed E-state index contributed by atoms with van der Waals surface area (Å²) in [4.78, 5) is 27.0. The number of nitrogens with one attached hydrogen (secondary N) is 1. The Morgan fingerprint density at radius 2 is 1.50 bits per heavy atom. The lowest BCUT2D eigenvalue weighted by Crippen LogP contribution is -2.49. The van der Waals surface area contributed by atoms with Crippen LogP contribution in [0.4, 0.5) is 0 Å². The van der Waals surface area contributed by atoms with E-state index in [-0.39, 0.29) is 17.7 Å². The van der Waals surface area contributed by atoms with Gasteiger partial charge in [0.25, 0.3) is 5.91 Å². The van der Waals surface area contributed by atoms with Crippen molar-refractivity contribution < 1.29 is 28.9 Å². The molecule has 2 heterocycles. The number of phenolic OH excluding ortho intramolecular Hbond substituents is 1. The molecule has 2 N–H and O–H groups in total. The number of benzene rings is 4. The van der Waals surface area contributed by atoms with E-state index in [0.717, 1.165) is 37.0 Å². The zero-order valence-electron chi connectivity index (χ0n) is 28.3. The summed E-state index contributed by atoms with van der Waals surface area (Å²) >= 11 is 0. The zero-order valence-corrected chi connectivity index (χ0v) is 28.3. The number of hydrogen-bond donors (Lipinski definition) is 2. The molecule has 3 aliphatic rings. The zero-order chi connectivity index (χ0) is 34.5. The van der Waals surface area contributed by atoms with Crippen LogP contribution in [0.25, 0.3) is 0 Å². The largest absolute Gasteiger partial charge is 0.508 e. The molecule has 1 saturated heterocycles. The number of hydrogen-bond acceptors (Lipinski definition) is 6. The van der Waals surface area contributed by atoms with E-state index >= 15 is 0 Å². The van der Waals surface area contributed by atoms with Gasteiger partial charge in [0.15, 0.2) is 0 Å². The first-order valence-electron chi connectivity index (χ1n) is 17.7. The standard InChI is InChI=1S/C42H44N2O6/c1-28-9-20-39(41(46)43-28)44-27-32-26-35(16-19-38(32)42(44)47)50-24-6-22-48-21-5-23-49-34-14-10-30(11-15-34)40-36(29-7-3-2-4-8-29)17-12-31-25-33(45)13-18-37(31)40/h2-4,7-8,10-11,13-16,18-19,25-26,36,39-40,45H,1,5-6,9,12,17,20-24,27H2,(H,43,46)/t36-,39?,40+/m1/s1. The maximum Gasteiger partial charge on any atom is 0.255 e. The molecule has 2 aliphatic heterocycles. The van der Waals surface area contributed by atoms with E-state index in [1.165, 1.54) is 22.3 Å². The van der Waals surface area contributed by atoms with E-state index in [1.807, 2.05) is 18.2 Å². The van der Waals surface area contributed by atoms with Crippen LogP contribution in [0.15, 0.2) is 103 Å². The van der Waals surface area contributed by atoms with E-state index < -0.39 is 6.04 Å². The van der Waals surface area contributed by atoms with Gasteiger partial charge in [0, 0.05) is 49.8 Å². The molecular formula is C42H44N2O6. The fraction of sp³-hybridized carbons (Fsp3) is 0.333. The van der Waals surface area contributed by atoms with Crippen LogP contribution in [0.1, 0.15) is 82.1 Å². The van der Waals surface area contributed by atoms with Gasteiger partial charge in [-0.15, -0.1) is 0 Å². The summed E-state index contributed by atoms with van der Waals surface area (Å²) < 4.78 is 17.8. The average molecular weight is 673 g/mol. The number of fused-ring (bicyclic) bond motifs is 2. The van der Waals surface area contributed by atoms with E-state index in [4.69, 9.17) is 14.2 Å².